The third-order valence-corrected chi connectivity index (χ3v) is 3.67. The molecule has 2 rings (SSSR count). The molecule has 26 heavy (non-hydrogen) atoms. The molecule has 2 aliphatic rings. The third kappa shape index (κ3) is 2.37. The van der Waals surface area contributed by atoms with Crippen molar-refractivity contribution in [3.63, 3.8) is 0 Å². The van der Waals surface area contributed by atoms with Crippen LogP contribution >= 0.6 is 0 Å². The lowest BCUT2D eigenvalue weighted by molar-refractivity contribution is 0.257. The summed E-state index contributed by atoms with van der Waals surface area (Å²) in [6, 6.07) is 4.29. The summed E-state index contributed by atoms with van der Waals surface area (Å²) in [5.41, 5.74) is -7.16. The molecule has 4 nitrogen and oxygen atoms in total. The van der Waals surface area contributed by atoms with E-state index in [1.165, 1.54) is 0 Å². The Bertz CT molecular complexity index is 1010. The van der Waals surface area contributed by atoms with Gasteiger partial charge in [0.15, 0.2) is 17.5 Å². The molecule has 0 spiro atoms. The van der Waals surface area contributed by atoms with Crippen LogP contribution in [0.1, 0.15) is 0 Å². The fourth-order valence-electron chi connectivity index (χ4n) is 2.53. The zero-order valence-electron chi connectivity index (χ0n) is 12.2. The van der Waals surface area contributed by atoms with Crippen LogP contribution in [0.4, 0.5) is 26.3 Å². The normalized spacial score (nSPS) is 22.2. The maximum absolute atomic E-state index is 14.5. The van der Waals surface area contributed by atoms with Crippen molar-refractivity contribution in [1.82, 2.24) is 0 Å². The van der Waals surface area contributed by atoms with Crippen LogP contribution in [0, 0.1) is 51.2 Å². The Morgan fingerprint density at radius 1 is 0.692 bits per heavy atom. The summed E-state index contributed by atoms with van der Waals surface area (Å²) < 4.78 is 85.7. The number of hydrogen-bond donors (Lipinski definition) is 0. The Balaban J connectivity index is 3.01. The van der Waals surface area contributed by atoms with E-state index in [-0.39, 0.29) is 0 Å². The Morgan fingerprint density at radius 2 is 1.19 bits per heavy atom. The maximum atomic E-state index is 14.5. The summed E-state index contributed by atoms with van der Waals surface area (Å²) >= 11 is 0. The second-order valence-electron chi connectivity index (χ2n) is 4.88. The molecular weight excluding hydrogens is 362 g/mol. The lowest BCUT2D eigenvalue weighted by atomic mass is 9.76. The van der Waals surface area contributed by atoms with Crippen molar-refractivity contribution in [2.75, 3.05) is 0 Å². The van der Waals surface area contributed by atoms with Crippen molar-refractivity contribution in [2.24, 2.45) is 5.92 Å². The smallest absolute Gasteiger partial charge is 0.167 e. The molecule has 2 aliphatic carbocycles. The minimum absolute atomic E-state index is 1.06. The van der Waals surface area contributed by atoms with Gasteiger partial charge in [0.05, 0.1) is 17.1 Å². The van der Waals surface area contributed by atoms with Gasteiger partial charge < -0.3 is 0 Å². The first-order valence-corrected chi connectivity index (χ1v) is 6.51. The lowest BCUT2D eigenvalue weighted by Gasteiger charge is -2.31. The molecular formula is C16H2F6N4. The SMILES string of the molecule is N#CC(C#N)=C1C(F)=C(F)C2C(=C1F)C(F)=C(F)C(=C(C#N)C#N)C2F. The number of hydrogen-bond acceptors (Lipinski definition) is 4. The van der Waals surface area contributed by atoms with Crippen LogP contribution in [-0.4, -0.2) is 6.17 Å². The first kappa shape index (κ1) is 18.6. The van der Waals surface area contributed by atoms with E-state index < -0.39 is 69.1 Å². The minimum atomic E-state index is -3.00. The number of nitriles is 4. The summed E-state index contributed by atoms with van der Waals surface area (Å²) in [5, 5.41) is 34.7. The number of fused-ring (bicyclic) bond motifs is 1. The zero-order valence-corrected chi connectivity index (χ0v) is 12.2. The molecule has 0 saturated carbocycles. The van der Waals surface area contributed by atoms with Crippen LogP contribution in [0.15, 0.2) is 57.0 Å². The third-order valence-electron chi connectivity index (χ3n) is 3.67. The van der Waals surface area contributed by atoms with Gasteiger partial charge in [-0.1, -0.05) is 0 Å². The Hall–Kier alpha value is -3.76. The predicted octanol–water partition coefficient (Wildman–Crippen LogP) is 4.18. The summed E-state index contributed by atoms with van der Waals surface area (Å²) in [7, 11) is 0. The fourth-order valence-corrected chi connectivity index (χ4v) is 2.53. The lowest BCUT2D eigenvalue weighted by Crippen LogP contribution is -2.31. The molecule has 2 unspecified atom stereocenters. The van der Waals surface area contributed by atoms with Crippen molar-refractivity contribution in [2.45, 2.75) is 6.17 Å². The first-order chi connectivity index (χ1) is 12.3. The summed E-state index contributed by atoms with van der Waals surface area (Å²) in [5.74, 6) is -13.2. The van der Waals surface area contributed by atoms with Crippen molar-refractivity contribution in [3.8, 4) is 24.3 Å². The molecule has 0 N–H and O–H groups in total. The molecule has 0 aromatic carbocycles. The summed E-state index contributed by atoms with van der Waals surface area (Å²) in [6.07, 6.45) is -3.00. The van der Waals surface area contributed by atoms with Crippen molar-refractivity contribution in [1.29, 1.82) is 21.0 Å². The van der Waals surface area contributed by atoms with Crippen LogP contribution in [0.3, 0.4) is 0 Å². The monoisotopic (exact) mass is 364 g/mol. The molecule has 0 saturated heterocycles. The highest BCUT2D eigenvalue weighted by atomic mass is 19.2. The molecule has 0 fully saturated rings. The number of halogens is 6. The second-order valence-corrected chi connectivity index (χ2v) is 4.88. The Kier molecular flexibility index (Phi) is 4.73. The van der Waals surface area contributed by atoms with E-state index in [9.17, 15) is 26.3 Å². The van der Waals surface area contributed by atoms with Gasteiger partial charge in [0.25, 0.3) is 0 Å². The maximum Gasteiger partial charge on any atom is 0.167 e. The van der Waals surface area contributed by atoms with Crippen LogP contribution in [0.25, 0.3) is 0 Å². The number of nitrogens with zero attached hydrogens (tertiary/aromatic N) is 4. The van der Waals surface area contributed by atoms with Gasteiger partial charge in [0.1, 0.15) is 53.2 Å². The van der Waals surface area contributed by atoms with Gasteiger partial charge in [0, 0.05) is 5.57 Å². The van der Waals surface area contributed by atoms with Crippen molar-refractivity contribution >= 4 is 0 Å². The van der Waals surface area contributed by atoms with E-state index in [2.05, 4.69) is 0 Å². The van der Waals surface area contributed by atoms with Gasteiger partial charge in [-0.05, 0) is 0 Å². The standard InChI is InChI=1S/C16H2F6N4/c17-11-7(5(1-23)2-24)13(19)15(21)10-9(11)16(22)14(20)8(12(10)18)6(3-25)4-26/h9,11H. The minimum Gasteiger partial charge on any atom is -0.241 e. The van der Waals surface area contributed by atoms with Crippen molar-refractivity contribution in [3.05, 3.63) is 57.0 Å². The quantitative estimate of drug-likeness (QED) is 0.476. The summed E-state index contributed by atoms with van der Waals surface area (Å²) in [6.45, 7) is 0. The molecule has 10 heteroatoms. The van der Waals surface area contributed by atoms with Crippen LogP contribution in [0.5, 0.6) is 0 Å². The van der Waals surface area contributed by atoms with Crippen LogP contribution in [0.2, 0.25) is 0 Å². The second kappa shape index (κ2) is 6.63. The zero-order chi connectivity index (χ0) is 19.8. The van der Waals surface area contributed by atoms with Crippen LogP contribution in [-0.2, 0) is 0 Å². The molecule has 0 aromatic rings. The van der Waals surface area contributed by atoms with Gasteiger partial charge in [-0.25, -0.2) is 26.3 Å². The molecule has 0 amide bonds. The molecule has 2 atom stereocenters. The fraction of sp³-hybridized carbons (Fsp3) is 0.125. The van der Waals surface area contributed by atoms with E-state index in [1.807, 2.05) is 0 Å². The van der Waals surface area contributed by atoms with E-state index in [1.54, 1.807) is 0 Å². The Morgan fingerprint density at radius 3 is 1.65 bits per heavy atom. The van der Waals surface area contributed by atoms with E-state index in [0.717, 1.165) is 24.3 Å². The van der Waals surface area contributed by atoms with Crippen molar-refractivity contribution < 1.29 is 26.3 Å². The van der Waals surface area contributed by atoms with E-state index in [0.29, 0.717) is 0 Å². The van der Waals surface area contributed by atoms with Gasteiger partial charge >= 0.3 is 0 Å². The van der Waals surface area contributed by atoms with E-state index in [4.69, 9.17) is 21.0 Å². The number of alkyl halides is 1. The average Bonchev–Trinajstić information content (AvgIpc) is 2.63. The first-order valence-electron chi connectivity index (χ1n) is 6.51. The molecule has 0 bridgehead atoms. The molecule has 0 aromatic heterocycles. The Labute approximate surface area is 141 Å². The van der Waals surface area contributed by atoms with E-state index >= 15 is 0 Å². The molecule has 0 heterocycles. The van der Waals surface area contributed by atoms with Gasteiger partial charge in [0.2, 0.25) is 0 Å². The topological polar surface area (TPSA) is 95.2 Å². The number of rotatable bonds is 0. The molecule has 0 radical (unpaired) electrons. The predicted molar refractivity (Wildman–Crippen MR) is 71.5 cm³/mol. The van der Waals surface area contributed by atoms with Gasteiger partial charge in [-0.15, -0.1) is 0 Å². The van der Waals surface area contributed by atoms with Gasteiger partial charge in [-0.3, -0.25) is 0 Å². The molecule has 128 valence electrons. The molecule has 0 aliphatic heterocycles. The average molecular weight is 364 g/mol. The number of allylic oxidation sites excluding steroid dienone is 10. The summed E-state index contributed by atoms with van der Waals surface area (Å²) in [4.78, 5) is 0. The highest BCUT2D eigenvalue weighted by Gasteiger charge is 2.50. The van der Waals surface area contributed by atoms with Crippen LogP contribution < -0.4 is 0 Å². The highest BCUT2D eigenvalue weighted by Crippen LogP contribution is 2.52. The van der Waals surface area contributed by atoms with Gasteiger partial charge in [-0.2, -0.15) is 21.0 Å². The largest absolute Gasteiger partial charge is 0.241 e. The highest BCUT2D eigenvalue weighted by molar-refractivity contribution is 5.66.